The normalized spacial score (nSPS) is 15.6. The van der Waals surface area contributed by atoms with E-state index in [0.717, 1.165) is 5.56 Å². The number of rotatable bonds is 11. The Balaban J connectivity index is 1.52. The van der Waals surface area contributed by atoms with Crippen LogP contribution in [0.1, 0.15) is 29.4 Å². The number of aliphatic hydroxyl groups is 1. The van der Waals surface area contributed by atoms with E-state index in [2.05, 4.69) is 20.7 Å². The lowest BCUT2D eigenvalue weighted by molar-refractivity contribution is -0.150. The van der Waals surface area contributed by atoms with E-state index in [9.17, 15) is 19.1 Å². The van der Waals surface area contributed by atoms with E-state index in [1.807, 2.05) is 17.0 Å². The van der Waals surface area contributed by atoms with Crippen molar-refractivity contribution >= 4 is 23.5 Å². The fraction of sp³-hybridized carbons (Fsp3) is 0.385. The Morgan fingerprint density at radius 3 is 2.68 bits per heavy atom. The zero-order chi connectivity index (χ0) is 26.4. The Morgan fingerprint density at radius 1 is 1.27 bits per heavy atom. The molecule has 37 heavy (non-hydrogen) atoms. The summed E-state index contributed by atoms with van der Waals surface area (Å²) in [4.78, 5) is 27.5. The molecular formula is C26H29ClFN5O4. The summed E-state index contributed by atoms with van der Waals surface area (Å²) in [5, 5.41) is 23.0. The fourth-order valence-electron chi connectivity index (χ4n) is 4.44. The number of amides is 1. The van der Waals surface area contributed by atoms with Crippen molar-refractivity contribution in [2.24, 2.45) is 5.92 Å². The molecule has 1 aliphatic heterocycles. The van der Waals surface area contributed by atoms with Gasteiger partial charge in [-0.2, -0.15) is 15.4 Å². The zero-order valence-corrected chi connectivity index (χ0v) is 21.1. The molecule has 11 heteroatoms. The number of aromatic nitrogens is 3. The summed E-state index contributed by atoms with van der Waals surface area (Å²) in [6.07, 6.45) is 1.67. The van der Waals surface area contributed by atoms with Gasteiger partial charge in [0.2, 0.25) is 0 Å². The predicted molar refractivity (Wildman–Crippen MR) is 135 cm³/mol. The minimum atomic E-state index is -0.505. The van der Waals surface area contributed by atoms with Crippen LogP contribution >= 0.6 is 11.6 Å². The Morgan fingerprint density at radius 2 is 2.03 bits per heavy atom. The maximum absolute atomic E-state index is 14.3. The summed E-state index contributed by atoms with van der Waals surface area (Å²) in [7, 11) is 0. The molecule has 0 radical (unpaired) electrons. The van der Waals surface area contributed by atoms with Crippen molar-refractivity contribution < 1.29 is 23.8 Å². The SMILES string of the molecule is CCOC(=O)C(CC(Cc1ccc(-c2cc(Cl)ccc2F)cc1)NC(=O)c1cn[nH]n1)CN1CC(O)C1. The highest BCUT2D eigenvalue weighted by molar-refractivity contribution is 6.30. The number of halogens is 2. The fourth-order valence-corrected chi connectivity index (χ4v) is 4.61. The first-order chi connectivity index (χ1) is 17.8. The van der Waals surface area contributed by atoms with Crippen LogP contribution in [0.5, 0.6) is 0 Å². The van der Waals surface area contributed by atoms with Crippen LogP contribution in [-0.4, -0.2) is 75.7 Å². The van der Waals surface area contributed by atoms with E-state index in [-0.39, 0.29) is 24.1 Å². The quantitative estimate of drug-likeness (QED) is 0.327. The first-order valence-electron chi connectivity index (χ1n) is 12.1. The van der Waals surface area contributed by atoms with E-state index in [1.54, 1.807) is 25.1 Å². The smallest absolute Gasteiger partial charge is 0.310 e. The number of likely N-dealkylation sites (tertiary alicyclic amines) is 1. The first kappa shape index (κ1) is 26.7. The highest BCUT2D eigenvalue weighted by atomic mass is 35.5. The minimum absolute atomic E-state index is 0.135. The number of esters is 1. The van der Waals surface area contributed by atoms with Crippen LogP contribution in [0.25, 0.3) is 11.1 Å². The number of H-pyrrole nitrogens is 1. The molecule has 2 heterocycles. The van der Waals surface area contributed by atoms with Crippen LogP contribution in [0.15, 0.2) is 48.7 Å². The molecule has 0 aliphatic carbocycles. The van der Waals surface area contributed by atoms with Gasteiger partial charge in [0.1, 0.15) is 5.82 Å². The number of aromatic amines is 1. The van der Waals surface area contributed by atoms with E-state index in [4.69, 9.17) is 16.3 Å². The topological polar surface area (TPSA) is 120 Å². The second-order valence-electron chi connectivity index (χ2n) is 9.11. The number of hydrogen-bond donors (Lipinski definition) is 3. The molecule has 1 aromatic heterocycles. The number of benzene rings is 2. The molecule has 196 valence electrons. The van der Waals surface area contributed by atoms with Crippen molar-refractivity contribution in [3.8, 4) is 11.1 Å². The molecule has 2 aromatic carbocycles. The molecule has 1 aliphatic rings. The standard InChI is InChI=1S/C26H29ClFN5O4/c1-2-37-26(36)18(13-33-14-21(34)15-33)10-20(30-25(35)24-12-29-32-31-24)9-16-3-5-17(6-4-16)22-11-19(27)7-8-23(22)28/h3-8,11-12,18,20-21,34H,2,9-10,13-15H2,1H3,(H,30,35)(H,29,31,32). The number of nitrogens with one attached hydrogen (secondary N) is 2. The largest absolute Gasteiger partial charge is 0.466 e. The second kappa shape index (κ2) is 12.3. The number of β-amino-alcohol motifs (C(OH)–C–C–N with tert-alkyl or cyclic N) is 1. The van der Waals surface area contributed by atoms with Gasteiger partial charge in [0.05, 0.1) is 24.8 Å². The van der Waals surface area contributed by atoms with Gasteiger partial charge in [-0.25, -0.2) is 4.39 Å². The van der Waals surface area contributed by atoms with Crippen molar-refractivity contribution in [1.29, 1.82) is 0 Å². The van der Waals surface area contributed by atoms with Crippen molar-refractivity contribution in [3.63, 3.8) is 0 Å². The summed E-state index contributed by atoms with van der Waals surface area (Å²) in [5.41, 5.74) is 2.09. The highest BCUT2D eigenvalue weighted by Crippen LogP contribution is 2.27. The number of carbonyl (C=O) groups is 2. The molecule has 0 saturated carbocycles. The summed E-state index contributed by atoms with van der Waals surface area (Å²) >= 11 is 6.04. The van der Waals surface area contributed by atoms with E-state index < -0.39 is 24.0 Å². The predicted octanol–water partition coefficient (Wildman–Crippen LogP) is 2.85. The second-order valence-corrected chi connectivity index (χ2v) is 9.54. The molecule has 3 aromatic rings. The zero-order valence-electron chi connectivity index (χ0n) is 20.4. The average Bonchev–Trinajstić information content (AvgIpc) is 3.40. The van der Waals surface area contributed by atoms with E-state index in [1.165, 1.54) is 18.3 Å². The number of ether oxygens (including phenoxy) is 1. The summed E-state index contributed by atoms with van der Waals surface area (Å²) < 4.78 is 19.6. The van der Waals surface area contributed by atoms with Crippen LogP contribution in [0.4, 0.5) is 4.39 Å². The molecule has 1 fully saturated rings. The Hall–Kier alpha value is -3.34. The Bertz CT molecular complexity index is 1200. The van der Waals surface area contributed by atoms with Crippen LogP contribution in [0.3, 0.4) is 0 Å². The monoisotopic (exact) mass is 529 g/mol. The molecular weight excluding hydrogens is 501 g/mol. The van der Waals surface area contributed by atoms with Gasteiger partial charge in [0.25, 0.3) is 5.91 Å². The highest BCUT2D eigenvalue weighted by Gasteiger charge is 2.32. The van der Waals surface area contributed by atoms with E-state index >= 15 is 0 Å². The number of hydrogen-bond acceptors (Lipinski definition) is 7. The molecule has 4 rings (SSSR count). The third kappa shape index (κ3) is 7.12. The molecule has 9 nitrogen and oxygen atoms in total. The van der Waals surface area contributed by atoms with E-state index in [0.29, 0.717) is 48.6 Å². The van der Waals surface area contributed by atoms with Crippen LogP contribution in [0.2, 0.25) is 5.02 Å². The number of carbonyl (C=O) groups excluding carboxylic acids is 2. The van der Waals surface area contributed by atoms with Crippen molar-refractivity contribution in [2.45, 2.75) is 31.9 Å². The van der Waals surface area contributed by atoms with Crippen LogP contribution in [0, 0.1) is 11.7 Å². The maximum atomic E-state index is 14.3. The van der Waals surface area contributed by atoms with Gasteiger partial charge in [0.15, 0.2) is 5.69 Å². The van der Waals surface area contributed by atoms with Gasteiger partial charge >= 0.3 is 5.97 Å². The molecule has 0 spiro atoms. The van der Waals surface area contributed by atoms with Crippen molar-refractivity contribution in [1.82, 2.24) is 25.6 Å². The van der Waals surface area contributed by atoms with Gasteiger partial charge in [-0.3, -0.25) is 14.5 Å². The lowest BCUT2D eigenvalue weighted by Gasteiger charge is -2.38. The van der Waals surface area contributed by atoms with Gasteiger partial charge in [0, 0.05) is 36.3 Å². The molecule has 2 unspecified atom stereocenters. The maximum Gasteiger partial charge on any atom is 0.310 e. The average molecular weight is 530 g/mol. The molecule has 2 atom stereocenters. The van der Waals surface area contributed by atoms with Crippen LogP contribution < -0.4 is 5.32 Å². The Labute approximate surface area is 219 Å². The third-order valence-electron chi connectivity index (χ3n) is 6.26. The van der Waals surface area contributed by atoms with Crippen LogP contribution in [-0.2, 0) is 16.0 Å². The van der Waals surface area contributed by atoms with Gasteiger partial charge in [-0.15, -0.1) is 0 Å². The molecule has 0 bridgehead atoms. The number of aliphatic hydroxyl groups excluding tert-OH is 1. The molecule has 1 saturated heterocycles. The minimum Gasteiger partial charge on any atom is -0.466 e. The lowest BCUT2D eigenvalue weighted by atomic mass is 9.92. The van der Waals surface area contributed by atoms with Gasteiger partial charge in [-0.1, -0.05) is 35.9 Å². The molecule has 1 amide bonds. The summed E-state index contributed by atoms with van der Waals surface area (Å²) in [6, 6.07) is 11.3. The van der Waals surface area contributed by atoms with Gasteiger partial charge < -0.3 is 15.2 Å². The Kier molecular flexibility index (Phi) is 8.86. The first-order valence-corrected chi connectivity index (χ1v) is 12.5. The lowest BCUT2D eigenvalue weighted by Crippen LogP contribution is -2.53. The third-order valence-corrected chi connectivity index (χ3v) is 6.50. The summed E-state index contributed by atoms with van der Waals surface area (Å²) in [5.74, 6) is -1.65. The van der Waals surface area contributed by atoms with Gasteiger partial charge in [-0.05, 0) is 49.1 Å². The molecule has 3 N–H and O–H groups in total. The number of nitrogens with zero attached hydrogens (tertiary/aromatic N) is 3. The summed E-state index contributed by atoms with van der Waals surface area (Å²) in [6.45, 7) is 3.39. The van der Waals surface area contributed by atoms with Crippen molar-refractivity contribution in [2.75, 3.05) is 26.2 Å². The van der Waals surface area contributed by atoms with Crippen molar-refractivity contribution in [3.05, 3.63) is 70.8 Å².